The molecule has 1 aromatic heterocycles. The number of carbonyl (C=O) groups is 1. The average Bonchev–Trinajstić information content (AvgIpc) is 3.26. The van der Waals surface area contributed by atoms with Crippen molar-refractivity contribution in [1.29, 1.82) is 0 Å². The Hall–Kier alpha value is -2.41. The Labute approximate surface area is 141 Å². The van der Waals surface area contributed by atoms with Crippen molar-refractivity contribution < 1.29 is 14.3 Å². The lowest BCUT2D eigenvalue weighted by Crippen LogP contribution is -2.18. The van der Waals surface area contributed by atoms with E-state index in [0.717, 1.165) is 36.5 Å². The van der Waals surface area contributed by atoms with Crippen molar-refractivity contribution in [2.24, 2.45) is 0 Å². The van der Waals surface area contributed by atoms with Crippen LogP contribution < -0.4 is 4.74 Å². The summed E-state index contributed by atoms with van der Waals surface area (Å²) < 4.78 is 10.5. The predicted octanol–water partition coefficient (Wildman–Crippen LogP) is 2.25. The van der Waals surface area contributed by atoms with Crippen molar-refractivity contribution in [3.8, 4) is 17.0 Å². The number of hydrogen-bond acceptors (Lipinski definition) is 6. The molecule has 7 nitrogen and oxygen atoms in total. The molecule has 1 fully saturated rings. The van der Waals surface area contributed by atoms with Gasteiger partial charge in [0.1, 0.15) is 11.4 Å². The summed E-state index contributed by atoms with van der Waals surface area (Å²) in [5.74, 6) is 0.366. The molecule has 1 saturated heterocycles. The highest BCUT2D eigenvalue weighted by Gasteiger charge is 2.21. The van der Waals surface area contributed by atoms with Gasteiger partial charge < -0.3 is 9.47 Å². The van der Waals surface area contributed by atoms with Crippen LogP contribution >= 0.6 is 0 Å². The van der Waals surface area contributed by atoms with Crippen LogP contribution in [0.3, 0.4) is 0 Å². The highest BCUT2D eigenvalue weighted by Crippen LogP contribution is 2.29. The van der Waals surface area contributed by atoms with Gasteiger partial charge in [-0.3, -0.25) is 4.90 Å². The van der Waals surface area contributed by atoms with Gasteiger partial charge in [0.2, 0.25) is 0 Å². The van der Waals surface area contributed by atoms with Gasteiger partial charge in [0.05, 0.1) is 13.7 Å². The number of likely N-dealkylation sites (tertiary alicyclic amines) is 1. The maximum Gasteiger partial charge on any atom is 0.361 e. The van der Waals surface area contributed by atoms with Crippen LogP contribution in [0.2, 0.25) is 0 Å². The fourth-order valence-corrected chi connectivity index (χ4v) is 3.01. The molecular formula is C17H22N4O3. The number of ether oxygens (including phenoxy) is 2. The predicted molar refractivity (Wildman–Crippen MR) is 88.8 cm³/mol. The number of carbonyl (C=O) groups excluding carboxylic acids is 1. The molecule has 0 unspecified atom stereocenters. The number of rotatable bonds is 6. The van der Waals surface area contributed by atoms with Crippen molar-refractivity contribution in [3.05, 3.63) is 29.5 Å². The summed E-state index contributed by atoms with van der Waals surface area (Å²) in [7, 11) is 1.67. The SMILES string of the molecule is CCOC(=O)c1n[nH]nc1-c1ccc(OC)c(CN2CCCC2)c1. The number of aromatic amines is 1. The number of methoxy groups -OCH3 is 1. The Morgan fingerprint density at radius 1 is 1.29 bits per heavy atom. The van der Waals surface area contributed by atoms with Gasteiger partial charge in [-0.05, 0) is 51.1 Å². The topological polar surface area (TPSA) is 80.3 Å². The second kappa shape index (κ2) is 7.44. The molecule has 128 valence electrons. The summed E-state index contributed by atoms with van der Waals surface area (Å²) in [5.41, 5.74) is 2.60. The molecule has 0 aliphatic carbocycles. The minimum absolute atomic E-state index is 0.203. The zero-order chi connectivity index (χ0) is 16.9. The van der Waals surface area contributed by atoms with Crippen LogP contribution in [0.1, 0.15) is 35.8 Å². The Kier molecular flexibility index (Phi) is 5.10. The first-order valence-corrected chi connectivity index (χ1v) is 8.20. The Morgan fingerprint density at radius 2 is 2.08 bits per heavy atom. The fourth-order valence-electron chi connectivity index (χ4n) is 3.01. The summed E-state index contributed by atoms with van der Waals surface area (Å²) in [6.07, 6.45) is 2.47. The maximum absolute atomic E-state index is 12.0. The summed E-state index contributed by atoms with van der Waals surface area (Å²) >= 11 is 0. The quantitative estimate of drug-likeness (QED) is 0.818. The molecule has 1 aliphatic rings. The van der Waals surface area contributed by atoms with Crippen LogP contribution in [0.25, 0.3) is 11.3 Å². The minimum Gasteiger partial charge on any atom is -0.496 e. The Balaban J connectivity index is 1.91. The number of H-pyrrole nitrogens is 1. The number of aromatic nitrogens is 3. The third-order valence-electron chi connectivity index (χ3n) is 4.16. The third kappa shape index (κ3) is 3.41. The van der Waals surface area contributed by atoms with Crippen LogP contribution in [-0.4, -0.2) is 53.1 Å². The summed E-state index contributed by atoms with van der Waals surface area (Å²) in [6, 6.07) is 5.80. The molecule has 1 aromatic carbocycles. The summed E-state index contributed by atoms with van der Waals surface area (Å²) in [4.78, 5) is 14.4. The van der Waals surface area contributed by atoms with E-state index < -0.39 is 5.97 Å². The van der Waals surface area contributed by atoms with Gasteiger partial charge in [0, 0.05) is 17.7 Å². The molecule has 0 saturated carbocycles. The molecule has 0 spiro atoms. The fraction of sp³-hybridized carbons (Fsp3) is 0.471. The molecule has 2 heterocycles. The zero-order valence-electron chi connectivity index (χ0n) is 14.0. The van der Waals surface area contributed by atoms with E-state index in [4.69, 9.17) is 9.47 Å². The molecule has 1 N–H and O–H groups in total. The number of nitrogens with one attached hydrogen (secondary N) is 1. The van der Waals surface area contributed by atoms with Gasteiger partial charge in [-0.15, -0.1) is 5.10 Å². The molecule has 1 aliphatic heterocycles. The lowest BCUT2D eigenvalue weighted by Gasteiger charge is -2.17. The molecule has 0 amide bonds. The van der Waals surface area contributed by atoms with Gasteiger partial charge in [0.25, 0.3) is 0 Å². The Bertz CT molecular complexity index is 708. The molecule has 7 heteroatoms. The van der Waals surface area contributed by atoms with Gasteiger partial charge >= 0.3 is 5.97 Å². The zero-order valence-corrected chi connectivity index (χ0v) is 14.0. The van der Waals surface area contributed by atoms with Crippen LogP contribution in [-0.2, 0) is 11.3 Å². The normalized spacial score (nSPS) is 14.8. The number of hydrogen-bond donors (Lipinski definition) is 1. The first-order valence-electron chi connectivity index (χ1n) is 8.20. The second-order valence-corrected chi connectivity index (χ2v) is 5.75. The number of nitrogens with zero attached hydrogens (tertiary/aromatic N) is 3. The second-order valence-electron chi connectivity index (χ2n) is 5.75. The average molecular weight is 330 g/mol. The van der Waals surface area contributed by atoms with Crippen LogP contribution in [0.4, 0.5) is 0 Å². The van der Waals surface area contributed by atoms with Crippen molar-refractivity contribution >= 4 is 5.97 Å². The first kappa shape index (κ1) is 16.4. The number of benzene rings is 1. The van der Waals surface area contributed by atoms with Crippen molar-refractivity contribution in [3.63, 3.8) is 0 Å². The van der Waals surface area contributed by atoms with Gasteiger partial charge in [-0.1, -0.05) is 0 Å². The number of esters is 1. The minimum atomic E-state index is -0.474. The van der Waals surface area contributed by atoms with Crippen LogP contribution in [0.5, 0.6) is 5.75 Å². The van der Waals surface area contributed by atoms with Crippen molar-refractivity contribution in [2.75, 3.05) is 26.8 Å². The van der Waals surface area contributed by atoms with Gasteiger partial charge in [-0.2, -0.15) is 10.3 Å². The maximum atomic E-state index is 12.0. The highest BCUT2D eigenvalue weighted by atomic mass is 16.5. The van der Waals surface area contributed by atoms with E-state index in [1.807, 2.05) is 18.2 Å². The monoisotopic (exact) mass is 330 g/mol. The Morgan fingerprint density at radius 3 is 2.79 bits per heavy atom. The molecule has 0 atom stereocenters. The van der Waals surface area contributed by atoms with Crippen molar-refractivity contribution in [2.45, 2.75) is 26.3 Å². The summed E-state index contributed by atoms with van der Waals surface area (Å²) in [6.45, 7) is 5.09. The largest absolute Gasteiger partial charge is 0.496 e. The van der Waals surface area contributed by atoms with Crippen LogP contribution in [0.15, 0.2) is 18.2 Å². The highest BCUT2D eigenvalue weighted by molar-refractivity contribution is 5.94. The molecule has 0 radical (unpaired) electrons. The van der Waals surface area contributed by atoms with E-state index in [2.05, 4.69) is 20.3 Å². The van der Waals surface area contributed by atoms with E-state index in [1.165, 1.54) is 12.8 Å². The van der Waals surface area contributed by atoms with E-state index in [0.29, 0.717) is 12.3 Å². The standard InChI is InChI=1S/C17H22N4O3/c1-3-24-17(22)16-15(18-20-19-16)12-6-7-14(23-2)13(10-12)11-21-8-4-5-9-21/h6-7,10H,3-5,8-9,11H2,1-2H3,(H,18,19,20). The smallest absolute Gasteiger partial charge is 0.361 e. The molecule has 0 bridgehead atoms. The molecular weight excluding hydrogens is 308 g/mol. The van der Waals surface area contributed by atoms with E-state index in [-0.39, 0.29) is 5.69 Å². The molecule has 3 rings (SSSR count). The van der Waals surface area contributed by atoms with Crippen molar-refractivity contribution in [1.82, 2.24) is 20.3 Å². The van der Waals surface area contributed by atoms with E-state index >= 15 is 0 Å². The lowest BCUT2D eigenvalue weighted by atomic mass is 10.0. The molecule has 24 heavy (non-hydrogen) atoms. The third-order valence-corrected chi connectivity index (χ3v) is 4.16. The summed E-state index contributed by atoms with van der Waals surface area (Å²) in [5, 5.41) is 10.6. The van der Waals surface area contributed by atoms with E-state index in [1.54, 1.807) is 14.0 Å². The van der Waals surface area contributed by atoms with Crippen LogP contribution in [0, 0.1) is 0 Å². The van der Waals surface area contributed by atoms with Gasteiger partial charge in [0.15, 0.2) is 5.69 Å². The lowest BCUT2D eigenvalue weighted by molar-refractivity contribution is 0.0520. The molecule has 2 aromatic rings. The van der Waals surface area contributed by atoms with E-state index in [9.17, 15) is 4.79 Å². The van der Waals surface area contributed by atoms with Gasteiger partial charge in [-0.25, -0.2) is 4.79 Å². The first-order chi connectivity index (χ1) is 11.7.